The molecular formula is C35H22Br2N4O6. The molecule has 0 N–H and O–H groups in total. The lowest BCUT2D eigenvalue weighted by Crippen LogP contribution is -2.33. The third-order valence-electron chi connectivity index (χ3n) is 8.72. The first-order valence-electron chi connectivity index (χ1n) is 14.7. The van der Waals surface area contributed by atoms with E-state index in [1.54, 1.807) is 24.3 Å². The zero-order valence-corrected chi connectivity index (χ0v) is 27.4. The molecule has 4 unspecified atom stereocenters. The van der Waals surface area contributed by atoms with Crippen molar-refractivity contribution in [2.45, 2.75) is 18.6 Å². The molecule has 12 heteroatoms. The summed E-state index contributed by atoms with van der Waals surface area (Å²) in [5.41, 5.74) is 5.05. The van der Waals surface area contributed by atoms with E-state index < -0.39 is 35.9 Å². The molecule has 10 nitrogen and oxygen atoms in total. The minimum absolute atomic E-state index is 0.384. The van der Waals surface area contributed by atoms with E-state index in [1.807, 2.05) is 72.8 Å². The predicted octanol–water partition coefficient (Wildman–Crippen LogP) is 5.39. The summed E-state index contributed by atoms with van der Waals surface area (Å²) in [6.45, 7) is 0. The smallest absolute Gasteiger partial charge is 0.278 e. The largest absolute Gasteiger partial charge is 0.381 e. The van der Waals surface area contributed by atoms with Gasteiger partial charge in [0.15, 0.2) is 0 Å². The standard InChI is InChI=1S/C35H22Br2N4O6/c36-24-7-3-1-5-22(24)28-26-30(46-38-28)34(44)40(32(26)42)20-13-9-18(10-14-20)17-19-11-15-21(16-12-19)41-33(43)27-29(39-47-31(27)35(41)45)23-6-2-4-8-25(23)37/h1-16,26-27,30-31H,17H2. The van der Waals surface area contributed by atoms with Gasteiger partial charge >= 0.3 is 0 Å². The quantitative estimate of drug-likeness (QED) is 0.244. The van der Waals surface area contributed by atoms with E-state index >= 15 is 0 Å². The van der Waals surface area contributed by atoms with Crippen LogP contribution >= 0.6 is 31.9 Å². The number of nitrogens with zero attached hydrogens (tertiary/aromatic N) is 4. The summed E-state index contributed by atoms with van der Waals surface area (Å²) in [7, 11) is 0. The van der Waals surface area contributed by atoms with Crippen LogP contribution < -0.4 is 9.80 Å². The van der Waals surface area contributed by atoms with Gasteiger partial charge in [-0.1, -0.05) is 103 Å². The molecule has 4 amide bonds. The predicted molar refractivity (Wildman–Crippen MR) is 179 cm³/mol. The lowest BCUT2D eigenvalue weighted by Gasteiger charge is -2.17. The van der Waals surface area contributed by atoms with E-state index in [-0.39, 0.29) is 11.8 Å². The molecule has 8 rings (SSSR count). The SMILES string of the molecule is O=C1C2ON=C(c3ccccc3Br)C2C(=O)N1c1ccc(Cc2ccc(N3C(=O)C4ON=C(c5ccccc5Br)C4C3=O)cc2)cc1. The van der Waals surface area contributed by atoms with Crippen LogP contribution in [0.3, 0.4) is 0 Å². The van der Waals surface area contributed by atoms with Gasteiger partial charge in [0.05, 0.1) is 11.4 Å². The first-order chi connectivity index (χ1) is 22.8. The third-order valence-corrected chi connectivity index (χ3v) is 10.1. The first-order valence-corrected chi connectivity index (χ1v) is 16.3. The number of carbonyl (C=O) groups excluding carboxylic acids is 4. The Bertz CT molecular complexity index is 1920. The van der Waals surface area contributed by atoms with Gasteiger partial charge in [0.1, 0.15) is 23.3 Å². The highest BCUT2D eigenvalue weighted by Crippen LogP contribution is 2.38. The minimum Gasteiger partial charge on any atom is -0.381 e. The number of hydrogen-bond donors (Lipinski definition) is 0. The van der Waals surface area contributed by atoms with Crippen LogP contribution in [-0.2, 0) is 35.3 Å². The second-order valence-corrected chi connectivity index (χ2v) is 13.2. The molecule has 4 atom stereocenters. The Morgan fingerprint density at radius 2 is 0.915 bits per heavy atom. The molecule has 4 aliphatic rings. The summed E-state index contributed by atoms with van der Waals surface area (Å²) >= 11 is 6.99. The van der Waals surface area contributed by atoms with Crippen molar-refractivity contribution in [3.8, 4) is 0 Å². The van der Waals surface area contributed by atoms with Gasteiger partial charge in [0.2, 0.25) is 24.0 Å². The average molecular weight is 754 g/mol. The molecule has 0 saturated carbocycles. The summed E-state index contributed by atoms with van der Waals surface area (Å²) in [4.78, 5) is 66.6. The molecule has 4 heterocycles. The summed E-state index contributed by atoms with van der Waals surface area (Å²) in [6.07, 6.45) is -1.45. The number of fused-ring (bicyclic) bond motifs is 2. The minimum atomic E-state index is -0.998. The van der Waals surface area contributed by atoms with Crippen LogP contribution in [0.2, 0.25) is 0 Å². The molecule has 0 bridgehead atoms. The number of rotatable bonds is 6. The van der Waals surface area contributed by atoms with E-state index in [0.29, 0.717) is 40.3 Å². The number of anilines is 2. The Morgan fingerprint density at radius 3 is 1.30 bits per heavy atom. The molecule has 0 aromatic heterocycles. The van der Waals surface area contributed by atoms with Crippen LogP contribution in [0.1, 0.15) is 22.3 Å². The van der Waals surface area contributed by atoms with Gasteiger partial charge in [-0.25, -0.2) is 9.80 Å². The first kappa shape index (κ1) is 29.5. The summed E-state index contributed by atoms with van der Waals surface area (Å²) in [5.74, 6) is -3.32. The zero-order chi connectivity index (χ0) is 32.4. The molecule has 4 aliphatic heterocycles. The van der Waals surface area contributed by atoms with Gasteiger partial charge in [-0.05, 0) is 53.9 Å². The van der Waals surface area contributed by atoms with Crippen molar-refractivity contribution < 1.29 is 28.9 Å². The molecule has 47 heavy (non-hydrogen) atoms. The normalized spacial score (nSPS) is 23.0. The van der Waals surface area contributed by atoms with Crippen LogP contribution in [0, 0.1) is 11.8 Å². The molecule has 0 spiro atoms. The number of benzene rings is 4. The van der Waals surface area contributed by atoms with Crippen LogP contribution in [0.25, 0.3) is 0 Å². The highest BCUT2D eigenvalue weighted by atomic mass is 79.9. The number of oxime groups is 2. The molecule has 2 fully saturated rings. The molecule has 0 aliphatic carbocycles. The second-order valence-electron chi connectivity index (χ2n) is 11.5. The topological polar surface area (TPSA) is 118 Å². The molecular weight excluding hydrogens is 732 g/mol. The van der Waals surface area contributed by atoms with Gasteiger partial charge in [0.25, 0.3) is 11.8 Å². The third kappa shape index (κ3) is 4.73. The van der Waals surface area contributed by atoms with Crippen molar-refractivity contribution in [3.05, 3.63) is 128 Å². The zero-order valence-electron chi connectivity index (χ0n) is 24.2. The fraction of sp³-hybridized carbons (Fsp3) is 0.143. The number of carbonyl (C=O) groups is 4. The van der Waals surface area contributed by atoms with Gasteiger partial charge in [-0.2, -0.15) is 0 Å². The summed E-state index contributed by atoms with van der Waals surface area (Å²) in [5, 5.41) is 8.16. The number of imide groups is 2. The maximum Gasteiger partial charge on any atom is 0.278 e. The molecule has 4 aromatic carbocycles. The van der Waals surface area contributed by atoms with Crippen LogP contribution in [-0.4, -0.2) is 47.3 Å². The van der Waals surface area contributed by atoms with E-state index in [2.05, 4.69) is 42.2 Å². The molecule has 4 aromatic rings. The Hall–Kier alpha value is -4.94. The van der Waals surface area contributed by atoms with Gasteiger partial charge in [-0.3, -0.25) is 19.2 Å². The average Bonchev–Trinajstić information content (AvgIpc) is 3.82. The van der Waals surface area contributed by atoms with E-state index in [9.17, 15) is 19.2 Å². The highest BCUT2D eigenvalue weighted by molar-refractivity contribution is 9.10. The number of hydrogen-bond acceptors (Lipinski definition) is 8. The second kappa shape index (κ2) is 11.4. The van der Waals surface area contributed by atoms with E-state index in [1.165, 1.54) is 0 Å². The molecule has 0 radical (unpaired) electrons. The number of amides is 4. The molecule has 2 saturated heterocycles. The maximum absolute atomic E-state index is 13.5. The van der Waals surface area contributed by atoms with Crippen molar-refractivity contribution in [1.29, 1.82) is 0 Å². The van der Waals surface area contributed by atoms with Crippen LogP contribution in [0.4, 0.5) is 11.4 Å². The van der Waals surface area contributed by atoms with Crippen molar-refractivity contribution in [2.24, 2.45) is 22.1 Å². The maximum atomic E-state index is 13.5. The summed E-state index contributed by atoms with van der Waals surface area (Å²) < 4.78 is 1.52. The van der Waals surface area contributed by atoms with Gasteiger partial charge < -0.3 is 9.68 Å². The Morgan fingerprint density at radius 1 is 0.532 bits per heavy atom. The fourth-order valence-corrected chi connectivity index (χ4v) is 7.38. The van der Waals surface area contributed by atoms with E-state index in [0.717, 1.165) is 29.9 Å². The summed E-state index contributed by atoms with van der Waals surface area (Å²) in [6, 6.07) is 29.1. The van der Waals surface area contributed by atoms with Crippen LogP contribution in [0.5, 0.6) is 0 Å². The van der Waals surface area contributed by atoms with Crippen molar-refractivity contribution in [1.82, 2.24) is 0 Å². The van der Waals surface area contributed by atoms with Crippen molar-refractivity contribution >= 4 is 78.3 Å². The monoisotopic (exact) mass is 752 g/mol. The van der Waals surface area contributed by atoms with Crippen LogP contribution in [0.15, 0.2) is 116 Å². The molecule has 232 valence electrons. The lowest BCUT2D eigenvalue weighted by atomic mass is 9.94. The van der Waals surface area contributed by atoms with Crippen molar-refractivity contribution in [2.75, 3.05) is 9.80 Å². The van der Waals surface area contributed by atoms with Gasteiger partial charge in [0, 0.05) is 20.1 Å². The lowest BCUT2D eigenvalue weighted by molar-refractivity contribution is -0.127. The Kier molecular flexibility index (Phi) is 7.14. The Labute approximate surface area is 284 Å². The number of halogens is 2. The van der Waals surface area contributed by atoms with Crippen molar-refractivity contribution in [3.63, 3.8) is 0 Å². The highest BCUT2D eigenvalue weighted by Gasteiger charge is 2.57. The Balaban J connectivity index is 0.958. The fourth-order valence-electron chi connectivity index (χ4n) is 6.41. The van der Waals surface area contributed by atoms with Gasteiger partial charge in [-0.15, -0.1) is 0 Å². The van der Waals surface area contributed by atoms with E-state index in [4.69, 9.17) is 9.68 Å².